The van der Waals surface area contributed by atoms with Gasteiger partial charge in [-0.1, -0.05) is 48.4 Å². The van der Waals surface area contributed by atoms with Gasteiger partial charge in [0.25, 0.3) is 0 Å². The van der Waals surface area contributed by atoms with E-state index in [2.05, 4.69) is 24.2 Å². The van der Waals surface area contributed by atoms with Crippen LogP contribution in [-0.2, 0) is 19.1 Å². The number of nitrogens with zero attached hydrogens (tertiary/aromatic N) is 1. The molecule has 0 aromatic heterocycles. The smallest absolute Gasteiger partial charge is 0.417 e. The van der Waals surface area contributed by atoms with Crippen molar-refractivity contribution >= 4 is 23.4 Å². The van der Waals surface area contributed by atoms with Gasteiger partial charge >= 0.3 is 6.18 Å². The molecule has 2 aromatic rings. The molecule has 0 radical (unpaired) electrons. The van der Waals surface area contributed by atoms with Crippen LogP contribution in [0.2, 0.25) is 5.02 Å². The first-order valence-corrected chi connectivity index (χ1v) is 13.4. The average molecular weight is 530 g/mol. The van der Waals surface area contributed by atoms with E-state index in [1.165, 1.54) is 11.6 Å². The molecule has 2 rings (SSSR count). The zero-order valence-corrected chi connectivity index (χ0v) is 22.1. The molecule has 0 bridgehead atoms. The number of aliphatic hydroxyl groups is 1. The Morgan fingerprint density at radius 3 is 2.63 bits per heavy atom. The number of alkyl halides is 3. The molecule has 1 atom stereocenters. The van der Waals surface area contributed by atoms with Gasteiger partial charge in [-0.2, -0.15) is 13.2 Å². The van der Waals surface area contributed by atoms with Crippen molar-refractivity contribution in [1.82, 2.24) is 4.90 Å². The summed E-state index contributed by atoms with van der Waals surface area (Å²) in [5.41, 5.74) is 1.94. The fraction of sp³-hybridized carbons (Fsp3) is 0.481. The maximum atomic E-state index is 13.4. The molecule has 1 unspecified atom stereocenters. The number of aliphatic hydroxyl groups excluding tert-OH is 1. The Morgan fingerprint density at radius 2 is 1.97 bits per heavy atom. The number of ether oxygens (including phenoxy) is 1. The van der Waals surface area contributed by atoms with Crippen LogP contribution in [0, 0.1) is 5.92 Å². The van der Waals surface area contributed by atoms with Gasteiger partial charge in [-0.3, -0.25) is 4.90 Å². The van der Waals surface area contributed by atoms with Crippen molar-refractivity contribution in [3.05, 3.63) is 75.2 Å². The first-order chi connectivity index (χ1) is 16.7. The van der Waals surface area contributed by atoms with E-state index < -0.39 is 11.7 Å². The summed E-state index contributed by atoms with van der Waals surface area (Å²) < 4.78 is 46.0. The van der Waals surface area contributed by atoms with Gasteiger partial charge < -0.3 is 9.84 Å². The number of hydrogen-bond donors (Lipinski definition) is 1. The third kappa shape index (κ3) is 9.71. The fourth-order valence-corrected chi connectivity index (χ4v) is 4.84. The molecule has 1 N–H and O–H groups in total. The number of hydrogen-bond acceptors (Lipinski definition) is 4. The van der Waals surface area contributed by atoms with Crippen LogP contribution >= 0.6 is 23.4 Å². The standard InChI is InChI=1S/C27H35ClF3NO2S/c1-4-22(20(2)19-35-3)17-32(18-23-9-6-11-25(26(23)28)27(29,30)31)13-7-15-34-24-10-5-8-21(16-24)12-14-33/h5-6,8-11,16,19,22,33H,4,7,12-15,17-18H2,1-3H3/b20-19+. The quantitative estimate of drug-likeness (QED) is 0.257. The lowest BCUT2D eigenvalue weighted by atomic mass is 9.98. The predicted molar refractivity (Wildman–Crippen MR) is 140 cm³/mol. The highest BCUT2D eigenvalue weighted by Gasteiger charge is 2.34. The molecule has 35 heavy (non-hydrogen) atoms. The molecule has 3 nitrogen and oxygen atoms in total. The van der Waals surface area contributed by atoms with Crippen molar-refractivity contribution in [2.75, 3.05) is 32.6 Å². The first-order valence-electron chi connectivity index (χ1n) is 11.8. The Kier molecular flexibility index (Phi) is 12.5. The summed E-state index contributed by atoms with van der Waals surface area (Å²) in [5, 5.41) is 11.0. The van der Waals surface area contributed by atoms with Crippen LogP contribution in [0.3, 0.4) is 0 Å². The van der Waals surface area contributed by atoms with Gasteiger partial charge in [0, 0.05) is 26.2 Å². The lowest BCUT2D eigenvalue weighted by Crippen LogP contribution is -2.31. The summed E-state index contributed by atoms with van der Waals surface area (Å²) >= 11 is 7.85. The normalized spacial score (nSPS) is 13.3. The van der Waals surface area contributed by atoms with Crippen LogP contribution in [0.1, 0.15) is 43.4 Å². The van der Waals surface area contributed by atoms with Crippen LogP contribution in [0.25, 0.3) is 0 Å². The van der Waals surface area contributed by atoms with Gasteiger partial charge in [0.1, 0.15) is 5.75 Å². The van der Waals surface area contributed by atoms with Gasteiger partial charge in [-0.25, -0.2) is 0 Å². The topological polar surface area (TPSA) is 32.7 Å². The highest BCUT2D eigenvalue weighted by atomic mass is 35.5. The molecular weight excluding hydrogens is 495 g/mol. The summed E-state index contributed by atoms with van der Waals surface area (Å²) in [6.45, 7) is 6.50. The maximum absolute atomic E-state index is 13.4. The van der Waals surface area contributed by atoms with Gasteiger partial charge in [0.2, 0.25) is 0 Å². The highest BCUT2D eigenvalue weighted by molar-refractivity contribution is 8.01. The molecule has 0 saturated carbocycles. The molecule has 0 heterocycles. The lowest BCUT2D eigenvalue weighted by molar-refractivity contribution is -0.137. The molecule has 0 aliphatic heterocycles. The summed E-state index contributed by atoms with van der Waals surface area (Å²) in [6.07, 6.45) is -0.250. The van der Waals surface area contributed by atoms with E-state index in [1.54, 1.807) is 17.8 Å². The van der Waals surface area contributed by atoms with Crippen LogP contribution in [0.5, 0.6) is 5.75 Å². The molecule has 2 aromatic carbocycles. The summed E-state index contributed by atoms with van der Waals surface area (Å²) in [5.74, 6) is 1.04. The maximum Gasteiger partial charge on any atom is 0.417 e. The zero-order chi connectivity index (χ0) is 25.8. The molecule has 0 spiro atoms. The number of halogens is 4. The minimum atomic E-state index is -4.49. The molecule has 194 valence electrons. The van der Waals surface area contributed by atoms with E-state index in [0.29, 0.717) is 44.0 Å². The second-order valence-corrected chi connectivity index (χ2v) is 9.62. The van der Waals surface area contributed by atoms with E-state index in [9.17, 15) is 13.2 Å². The lowest BCUT2D eigenvalue weighted by Gasteiger charge is -2.28. The Bertz CT molecular complexity index is 952. The van der Waals surface area contributed by atoms with Gasteiger partial charge in [-0.05, 0) is 73.1 Å². The van der Waals surface area contributed by atoms with Crippen LogP contribution in [-0.4, -0.2) is 42.6 Å². The Labute approximate surface area is 216 Å². The van der Waals surface area contributed by atoms with E-state index >= 15 is 0 Å². The van der Waals surface area contributed by atoms with Crippen LogP contribution in [0.15, 0.2) is 53.4 Å². The van der Waals surface area contributed by atoms with Crippen molar-refractivity contribution in [3.63, 3.8) is 0 Å². The molecule has 0 amide bonds. The fourth-order valence-electron chi connectivity index (χ4n) is 3.98. The Morgan fingerprint density at radius 1 is 1.23 bits per heavy atom. The van der Waals surface area contributed by atoms with Gasteiger partial charge in [0.05, 0.1) is 17.2 Å². The third-order valence-corrected chi connectivity index (χ3v) is 6.94. The highest BCUT2D eigenvalue weighted by Crippen LogP contribution is 2.36. The Hall–Kier alpha value is -1.67. The number of rotatable bonds is 14. The largest absolute Gasteiger partial charge is 0.494 e. The average Bonchev–Trinajstić information content (AvgIpc) is 2.81. The van der Waals surface area contributed by atoms with Gasteiger partial charge in [-0.15, -0.1) is 11.8 Å². The van der Waals surface area contributed by atoms with Crippen LogP contribution in [0.4, 0.5) is 13.2 Å². The summed E-state index contributed by atoms with van der Waals surface area (Å²) in [7, 11) is 0. The molecule has 0 fully saturated rings. The van der Waals surface area contributed by atoms with Crippen molar-refractivity contribution in [2.45, 2.75) is 45.8 Å². The summed E-state index contributed by atoms with van der Waals surface area (Å²) in [6, 6.07) is 11.7. The SMILES string of the molecule is CCC(CN(CCCOc1cccc(CCO)c1)Cc1cccc(C(F)(F)F)c1Cl)/C(C)=C/SC. The predicted octanol–water partition coefficient (Wildman–Crippen LogP) is 7.46. The molecule has 0 saturated heterocycles. The third-order valence-electron chi connectivity index (χ3n) is 5.88. The minimum absolute atomic E-state index is 0.0828. The van der Waals surface area contributed by atoms with Gasteiger partial charge in [0.15, 0.2) is 0 Å². The van der Waals surface area contributed by atoms with E-state index in [-0.39, 0.29) is 11.6 Å². The van der Waals surface area contributed by atoms with Crippen LogP contribution < -0.4 is 4.74 Å². The van der Waals surface area contributed by atoms with Crippen molar-refractivity contribution in [3.8, 4) is 5.75 Å². The first kappa shape index (κ1) is 29.6. The zero-order valence-electron chi connectivity index (χ0n) is 20.6. The Balaban J connectivity index is 2.12. The molecule has 0 aliphatic carbocycles. The van der Waals surface area contributed by atoms with E-state index in [4.69, 9.17) is 21.4 Å². The molecule has 0 aliphatic rings. The summed E-state index contributed by atoms with van der Waals surface area (Å²) in [4.78, 5) is 2.17. The van der Waals surface area contributed by atoms with E-state index in [0.717, 1.165) is 30.3 Å². The minimum Gasteiger partial charge on any atom is -0.494 e. The second-order valence-electron chi connectivity index (χ2n) is 8.54. The van der Waals surface area contributed by atoms with Crippen molar-refractivity contribution in [2.24, 2.45) is 5.92 Å². The molecular formula is C27H35ClF3NO2S. The van der Waals surface area contributed by atoms with Crippen molar-refractivity contribution in [1.29, 1.82) is 0 Å². The molecule has 8 heteroatoms. The number of benzene rings is 2. The second kappa shape index (κ2) is 14.8. The number of thioether (sulfide) groups is 1. The monoisotopic (exact) mass is 529 g/mol. The van der Waals surface area contributed by atoms with Crippen molar-refractivity contribution < 1.29 is 23.0 Å². The van der Waals surface area contributed by atoms with E-state index in [1.807, 2.05) is 30.5 Å².